The fraction of sp³-hybridized carbons (Fsp3) is 0.545. The Labute approximate surface area is 99.5 Å². The zero-order valence-electron chi connectivity index (χ0n) is 9.73. The molecule has 0 aromatic carbocycles. The first-order valence-electron chi connectivity index (χ1n) is 5.24. The minimum atomic E-state index is -0.958. The Hall–Kier alpha value is -1.10. The van der Waals surface area contributed by atoms with Crippen molar-refractivity contribution in [1.82, 2.24) is 9.97 Å². The third-order valence-electron chi connectivity index (χ3n) is 2.03. The third-order valence-corrected chi connectivity index (χ3v) is 3.12. The number of carboxylic acid groups (broad SMARTS) is 1. The average molecular weight is 240 g/mol. The minimum absolute atomic E-state index is 0.209. The van der Waals surface area contributed by atoms with Crippen LogP contribution in [0.5, 0.6) is 0 Å². The maximum absolute atomic E-state index is 10.9. The van der Waals surface area contributed by atoms with Gasteiger partial charge < -0.3 is 5.11 Å². The molecule has 0 aliphatic heterocycles. The first kappa shape index (κ1) is 13.0. The third kappa shape index (κ3) is 3.48. The second kappa shape index (κ2) is 5.84. The highest BCUT2D eigenvalue weighted by molar-refractivity contribution is 7.99. The summed E-state index contributed by atoms with van der Waals surface area (Å²) in [5.41, 5.74) is 0.822. The van der Waals surface area contributed by atoms with E-state index in [0.29, 0.717) is 23.2 Å². The van der Waals surface area contributed by atoms with Crippen LogP contribution in [-0.4, -0.2) is 26.3 Å². The molecule has 16 heavy (non-hydrogen) atoms. The largest absolute Gasteiger partial charge is 0.478 e. The molecule has 0 saturated carbocycles. The molecule has 0 spiro atoms. The van der Waals surface area contributed by atoms with Crippen LogP contribution in [-0.2, 0) is 12.2 Å². The summed E-state index contributed by atoms with van der Waals surface area (Å²) < 4.78 is 0. The van der Waals surface area contributed by atoms with E-state index < -0.39 is 5.97 Å². The number of carbonyl (C=O) groups is 1. The van der Waals surface area contributed by atoms with Crippen LogP contribution >= 0.6 is 11.8 Å². The molecule has 0 unspecified atom stereocenters. The van der Waals surface area contributed by atoms with E-state index in [1.54, 1.807) is 11.8 Å². The van der Waals surface area contributed by atoms with Crippen LogP contribution < -0.4 is 0 Å². The van der Waals surface area contributed by atoms with Gasteiger partial charge >= 0.3 is 5.97 Å². The molecule has 1 heterocycles. The summed E-state index contributed by atoms with van der Waals surface area (Å²) in [7, 11) is 0. The molecule has 0 aliphatic rings. The molecule has 4 nitrogen and oxygen atoms in total. The second-order valence-corrected chi connectivity index (χ2v) is 5.23. The van der Waals surface area contributed by atoms with Crippen LogP contribution in [0, 0.1) is 0 Å². The van der Waals surface area contributed by atoms with Crippen molar-refractivity contribution >= 4 is 17.7 Å². The highest BCUT2D eigenvalue weighted by atomic mass is 32.2. The molecule has 0 atom stereocenters. The summed E-state index contributed by atoms with van der Waals surface area (Å²) in [4.78, 5) is 19.2. The van der Waals surface area contributed by atoms with Crippen molar-refractivity contribution in [2.45, 2.75) is 38.2 Å². The Kier molecular flexibility index (Phi) is 4.73. The van der Waals surface area contributed by atoms with Gasteiger partial charge in [-0.15, -0.1) is 0 Å². The van der Waals surface area contributed by atoms with Crippen LogP contribution in [0.15, 0.2) is 6.20 Å². The smallest absolute Gasteiger partial charge is 0.339 e. The average Bonchev–Trinajstić information content (AvgIpc) is 2.25. The highest BCUT2D eigenvalue weighted by Crippen LogP contribution is 2.15. The molecule has 0 fully saturated rings. The summed E-state index contributed by atoms with van der Waals surface area (Å²) in [5, 5.41) is 9.44. The summed E-state index contributed by atoms with van der Waals surface area (Å²) in [5.74, 6) is 0.477. The van der Waals surface area contributed by atoms with Gasteiger partial charge in [0.15, 0.2) is 0 Å². The van der Waals surface area contributed by atoms with Crippen LogP contribution in [0.4, 0.5) is 0 Å². The van der Waals surface area contributed by atoms with Crippen LogP contribution in [0.3, 0.4) is 0 Å². The molecule has 1 aromatic rings. The Balaban J connectivity index is 2.86. The van der Waals surface area contributed by atoms with Crippen LogP contribution in [0.25, 0.3) is 0 Å². The quantitative estimate of drug-likeness (QED) is 0.856. The maximum Gasteiger partial charge on any atom is 0.339 e. The van der Waals surface area contributed by atoms with E-state index in [4.69, 9.17) is 5.11 Å². The van der Waals surface area contributed by atoms with E-state index >= 15 is 0 Å². The van der Waals surface area contributed by atoms with Crippen molar-refractivity contribution in [3.05, 3.63) is 23.3 Å². The van der Waals surface area contributed by atoms with Crippen molar-refractivity contribution in [3.63, 3.8) is 0 Å². The number of aryl methyl sites for hydroxylation is 1. The van der Waals surface area contributed by atoms with Crippen molar-refractivity contribution in [3.8, 4) is 0 Å². The standard InChI is InChI=1S/C11H16N2O2S/c1-4-9-8(11(14)15)5-12-10(13-9)6-16-7(2)3/h5,7H,4,6H2,1-3H3,(H,14,15). The number of carboxylic acids is 1. The second-order valence-electron chi connectivity index (χ2n) is 3.67. The Bertz CT molecular complexity index is 380. The Morgan fingerprint density at radius 3 is 2.75 bits per heavy atom. The van der Waals surface area contributed by atoms with Gasteiger partial charge in [-0.3, -0.25) is 0 Å². The topological polar surface area (TPSA) is 63.1 Å². The van der Waals surface area contributed by atoms with Crippen molar-refractivity contribution in [2.24, 2.45) is 0 Å². The highest BCUT2D eigenvalue weighted by Gasteiger charge is 2.12. The van der Waals surface area contributed by atoms with E-state index in [1.807, 2.05) is 6.92 Å². The van der Waals surface area contributed by atoms with E-state index in [1.165, 1.54) is 6.20 Å². The molecule has 1 N–H and O–H groups in total. The van der Waals surface area contributed by atoms with Crippen molar-refractivity contribution in [1.29, 1.82) is 0 Å². The molecular formula is C11H16N2O2S. The van der Waals surface area contributed by atoms with Gasteiger partial charge in [0, 0.05) is 6.20 Å². The van der Waals surface area contributed by atoms with Crippen LogP contribution in [0.1, 0.15) is 42.6 Å². The number of rotatable bonds is 5. The zero-order valence-corrected chi connectivity index (χ0v) is 10.5. The van der Waals surface area contributed by atoms with E-state index in [-0.39, 0.29) is 5.56 Å². The zero-order chi connectivity index (χ0) is 12.1. The van der Waals surface area contributed by atoms with Gasteiger partial charge in [0.2, 0.25) is 0 Å². The molecule has 0 amide bonds. The minimum Gasteiger partial charge on any atom is -0.478 e. The predicted molar refractivity (Wildman–Crippen MR) is 64.8 cm³/mol. The lowest BCUT2D eigenvalue weighted by atomic mass is 10.2. The fourth-order valence-corrected chi connectivity index (χ4v) is 1.84. The van der Waals surface area contributed by atoms with Gasteiger partial charge in [0.25, 0.3) is 0 Å². The number of hydrogen-bond acceptors (Lipinski definition) is 4. The molecule has 0 saturated heterocycles. The molecule has 0 bridgehead atoms. The molecule has 0 aliphatic carbocycles. The number of hydrogen-bond donors (Lipinski definition) is 1. The molecule has 88 valence electrons. The van der Waals surface area contributed by atoms with Gasteiger partial charge in [-0.05, 0) is 11.7 Å². The number of nitrogens with zero attached hydrogens (tertiary/aromatic N) is 2. The maximum atomic E-state index is 10.9. The lowest BCUT2D eigenvalue weighted by Gasteiger charge is -2.06. The number of aromatic nitrogens is 2. The first-order chi connectivity index (χ1) is 7.54. The SMILES string of the molecule is CCc1nc(CSC(C)C)ncc1C(=O)O. The van der Waals surface area contributed by atoms with Gasteiger partial charge in [0.1, 0.15) is 5.82 Å². The summed E-state index contributed by atoms with van der Waals surface area (Å²) in [6.45, 7) is 6.11. The first-order valence-corrected chi connectivity index (χ1v) is 6.29. The summed E-state index contributed by atoms with van der Waals surface area (Å²) >= 11 is 1.75. The van der Waals surface area contributed by atoms with E-state index in [9.17, 15) is 4.79 Å². The lowest BCUT2D eigenvalue weighted by molar-refractivity contribution is 0.0694. The van der Waals surface area contributed by atoms with Gasteiger partial charge in [-0.2, -0.15) is 11.8 Å². The van der Waals surface area contributed by atoms with Gasteiger partial charge in [-0.25, -0.2) is 14.8 Å². The van der Waals surface area contributed by atoms with Crippen LogP contribution in [0.2, 0.25) is 0 Å². The van der Waals surface area contributed by atoms with Crippen molar-refractivity contribution in [2.75, 3.05) is 0 Å². The lowest BCUT2D eigenvalue weighted by Crippen LogP contribution is -2.08. The number of aromatic carboxylic acids is 1. The van der Waals surface area contributed by atoms with Gasteiger partial charge in [0.05, 0.1) is 17.0 Å². The Morgan fingerprint density at radius 2 is 2.25 bits per heavy atom. The van der Waals surface area contributed by atoms with E-state index in [0.717, 1.165) is 5.75 Å². The van der Waals surface area contributed by atoms with Gasteiger partial charge in [-0.1, -0.05) is 20.8 Å². The molecule has 1 aromatic heterocycles. The Morgan fingerprint density at radius 1 is 1.56 bits per heavy atom. The van der Waals surface area contributed by atoms with Crippen molar-refractivity contribution < 1.29 is 9.90 Å². The molecule has 1 rings (SSSR count). The van der Waals surface area contributed by atoms with E-state index in [2.05, 4.69) is 23.8 Å². The summed E-state index contributed by atoms with van der Waals surface area (Å²) in [6.07, 6.45) is 2.02. The normalized spacial score (nSPS) is 10.8. The number of thioether (sulfide) groups is 1. The predicted octanol–water partition coefficient (Wildman–Crippen LogP) is 2.38. The molecule has 5 heteroatoms. The molecule has 0 radical (unpaired) electrons. The monoisotopic (exact) mass is 240 g/mol. The molecular weight excluding hydrogens is 224 g/mol. The summed E-state index contributed by atoms with van der Waals surface area (Å²) in [6, 6.07) is 0. The fourth-order valence-electron chi connectivity index (χ4n) is 1.22.